The van der Waals surface area contributed by atoms with Gasteiger partial charge in [0.15, 0.2) is 0 Å². The molecule has 2 rings (SSSR count). The topological polar surface area (TPSA) is 96.5 Å². The lowest BCUT2D eigenvalue weighted by Crippen LogP contribution is -2.31. The van der Waals surface area contributed by atoms with Gasteiger partial charge in [0.2, 0.25) is 5.91 Å². The van der Waals surface area contributed by atoms with E-state index in [0.717, 1.165) is 18.5 Å². The van der Waals surface area contributed by atoms with Gasteiger partial charge in [-0.2, -0.15) is 0 Å². The molecule has 0 saturated heterocycles. The second kappa shape index (κ2) is 10.2. The van der Waals surface area contributed by atoms with Gasteiger partial charge in [-0.1, -0.05) is 19.1 Å². The molecule has 0 fully saturated rings. The molecule has 1 amide bonds. The number of esters is 1. The van der Waals surface area contributed by atoms with Gasteiger partial charge < -0.3 is 15.4 Å². The van der Waals surface area contributed by atoms with Crippen LogP contribution >= 0.6 is 0 Å². The maximum atomic E-state index is 12.5. The highest BCUT2D eigenvalue weighted by Crippen LogP contribution is 2.16. The zero-order valence-corrected chi connectivity index (χ0v) is 17.1. The van der Waals surface area contributed by atoms with Gasteiger partial charge in [0.25, 0.3) is 0 Å². The zero-order chi connectivity index (χ0) is 21.4. The largest absolute Gasteiger partial charge is 0.423 e. The molecule has 0 aliphatic heterocycles. The van der Waals surface area contributed by atoms with Crippen molar-refractivity contribution in [2.45, 2.75) is 27.2 Å². The van der Waals surface area contributed by atoms with Gasteiger partial charge >= 0.3 is 5.97 Å². The van der Waals surface area contributed by atoms with Crippen molar-refractivity contribution in [2.24, 2.45) is 5.73 Å². The quantitative estimate of drug-likeness (QED) is 0.234. The zero-order valence-electron chi connectivity index (χ0n) is 17.1. The minimum atomic E-state index is -0.482. The van der Waals surface area contributed by atoms with E-state index < -0.39 is 5.97 Å². The first-order valence-electron chi connectivity index (χ1n) is 9.60. The number of ether oxygens (including phenoxy) is 1. The number of nitrogens with zero attached hydrogens (tertiary/aromatic N) is 1. The maximum absolute atomic E-state index is 12.5. The van der Waals surface area contributed by atoms with Crippen molar-refractivity contribution in [3.8, 4) is 5.75 Å². The molecule has 0 atom stereocenters. The minimum Gasteiger partial charge on any atom is -0.423 e. The average molecular weight is 393 g/mol. The number of amides is 1. The summed E-state index contributed by atoms with van der Waals surface area (Å²) in [5.41, 5.74) is 7.87. The van der Waals surface area contributed by atoms with Crippen molar-refractivity contribution in [1.29, 1.82) is 5.41 Å². The van der Waals surface area contributed by atoms with Gasteiger partial charge in [-0.3, -0.25) is 10.2 Å². The van der Waals surface area contributed by atoms with Crippen LogP contribution in [0.2, 0.25) is 0 Å². The van der Waals surface area contributed by atoms with Crippen molar-refractivity contribution in [3.05, 3.63) is 70.8 Å². The van der Waals surface area contributed by atoms with Gasteiger partial charge in [0, 0.05) is 24.2 Å². The number of hydrogen-bond donors (Lipinski definition) is 2. The Labute approximate surface area is 171 Å². The van der Waals surface area contributed by atoms with Gasteiger partial charge in [0.1, 0.15) is 11.6 Å². The van der Waals surface area contributed by atoms with Crippen LogP contribution in [-0.4, -0.2) is 35.7 Å². The molecule has 2 aromatic rings. The number of amidine groups is 1. The molecule has 0 radical (unpaired) electrons. The van der Waals surface area contributed by atoms with E-state index in [4.69, 9.17) is 15.9 Å². The lowest BCUT2D eigenvalue weighted by atomic mass is 10.1. The molecule has 6 nitrogen and oxygen atoms in total. The molecule has 0 unspecified atom stereocenters. The molecule has 0 aliphatic carbocycles. The normalized spacial score (nSPS) is 11.1. The van der Waals surface area contributed by atoms with Crippen LogP contribution in [0.3, 0.4) is 0 Å². The van der Waals surface area contributed by atoms with Crippen molar-refractivity contribution in [2.75, 3.05) is 13.1 Å². The highest BCUT2D eigenvalue weighted by molar-refractivity contribution is 5.97. The van der Waals surface area contributed by atoms with Gasteiger partial charge in [-0.15, -0.1) is 0 Å². The van der Waals surface area contributed by atoms with E-state index in [9.17, 15) is 9.59 Å². The summed E-state index contributed by atoms with van der Waals surface area (Å²) in [4.78, 5) is 26.6. The number of benzene rings is 2. The summed E-state index contributed by atoms with van der Waals surface area (Å²) in [6, 6.07) is 13.3. The van der Waals surface area contributed by atoms with Crippen LogP contribution in [-0.2, 0) is 4.79 Å². The van der Waals surface area contributed by atoms with Crippen molar-refractivity contribution in [1.82, 2.24) is 4.90 Å². The van der Waals surface area contributed by atoms with Crippen LogP contribution in [0.5, 0.6) is 5.75 Å². The van der Waals surface area contributed by atoms with E-state index in [0.29, 0.717) is 29.0 Å². The molecule has 152 valence electrons. The highest BCUT2D eigenvalue weighted by Gasteiger charge is 2.13. The van der Waals surface area contributed by atoms with Crippen LogP contribution in [0.4, 0.5) is 0 Å². The smallest absolute Gasteiger partial charge is 0.343 e. The summed E-state index contributed by atoms with van der Waals surface area (Å²) in [6.45, 7) is 7.22. The molecule has 0 heterocycles. The molecule has 0 bridgehead atoms. The Hall–Kier alpha value is -3.41. The highest BCUT2D eigenvalue weighted by atomic mass is 16.5. The monoisotopic (exact) mass is 393 g/mol. The van der Waals surface area contributed by atoms with E-state index in [2.05, 4.69) is 0 Å². The first-order valence-corrected chi connectivity index (χ1v) is 9.60. The Morgan fingerprint density at radius 1 is 1.03 bits per heavy atom. The molecule has 0 aromatic heterocycles. The summed E-state index contributed by atoms with van der Waals surface area (Å²) >= 11 is 0. The molecule has 0 aliphatic rings. The Kier molecular flexibility index (Phi) is 7.71. The summed E-state index contributed by atoms with van der Waals surface area (Å²) in [6.07, 6.45) is 2.73. The number of nitrogens with two attached hydrogens (primary N) is 1. The fraction of sp³-hybridized carbons (Fsp3) is 0.261. The number of hydrogen-bond acceptors (Lipinski definition) is 4. The van der Waals surface area contributed by atoms with Crippen LogP contribution < -0.4 is 10.5 Å². The number of carbonyl (C=O) groups is 2. The Morgan fingerprint density at radius 3 is 2.14 bits per heavy atom. The van der Waals surface area contributed by atoms with E-state index in [1.165, 1.54) is 0 Å². The third-order valence-corrected chi connectivity index (χ3v) is 4.41. The van der Waals surface area contributed by atoms with Crippen molar-refractivity contribution < 1.29 is 14.3 Å². The van der Waals surface area contributed by atoms with Gasteiger partial charge in [-0.05, 0) is 68.3 Å². The molecule has 0 spiro atoms. The van der Waals surface area contributed by atoms with Crippen molar-refractivity contribution in [3.63, 3.8) is 0 Å². The maximum Gasteiger partial charge on any atom is 0.343 e. The number of carbonyl (C=O) groups excluding carboxylic acids is 2. The second-order valence-corrected chi connectivity index (χ2v) is 6.66. The van der Waals surface area contributed by atoms with E-state index in [1.807, 2.05) is 24.8 Å². The number of nitrogen functional groups attached to an aromatic ring is 1. The summed E-state index contributed by atoms with van der Waals surface area (Å²) in [7, 11) is 0. The standard InChI is InChI=1S/C23H27N3O3/c1-4-14-26(5-2)22(27)16(3)15-17-6-8-19(9-7-17)23(28)29-20-12-10-18(11-13-20)21(24)25/h6-13,15H,4-5,14H2,1-3H3,(H3,24,25)/b16-15+. The van der Waals surface area contributed by atoms with Gasteiger partial charge in [0.05, 0.1) is 5.56 Å². The third-order valence-electron chi connectivity index (χ3n) is 4.41. The van der Waals surface area contributed by atoms with Crippen LogP contribution in [0.25, 0.3) is 6.08 Å². The fourth-order valence-corrected chi connectivity index (χ4v) is 2.82. The average Bonchev–Trinajstić information content (AvgIpc) is 2.72. The Balaban J connectivity index is 2.06. The minimum absolute atomic E-state index is 0.0202. The van der Waals surface area contributed by atoms with E-state index >= 15 is 0 Å². The molecular weight excluding hydrogens is 366 g/mol. The van der Waals surface area contributed by atoms with Crippen LogP contribution in [0.1, 0.15) is 48.7 Å². The predicted molar refractivity (Wildman–Crippen MR) is 115 cm³/mol. The molecule has 3 N–H and O–H groups in total. The predicted octanol–water partition coefficient (Wildman–Crippen LogP) is 3.85. The summed E-state index contributed by atoms with van der Waals surface area (Å²) in [5.74, 6) is -0.131. The molecule has 0 saturated carbocycles. The van der Waals surface area contributed by atoms with E-state index in [-0.39, 0.29) is 11.7 Å². The summed E-state index contributed by atoms with van der Waals surface area (Å²) < 4.78 is 5.34. The van der Waals surface area contributed by atoms with Crippen LogP contribution in [0.15, 0.2) is 54.1 Å². The Morgan fingerprint density at radius 2 is 1.62 bits per heavy atom. The molecule has 6 heteroatoms. The molecular formula is C23H27N3O3. The fourth-order valence-electron chi connectivity index (χ4n) is 2.82. The number of nitrogens with one attached hydrogen (secondary N) is 1. The first kappa shape index (κ1) is 21.9. The summed E-state index contributed by atoms with van der Waals surface area (Å²) in [5, 5.41) is 7.37. The molecule has 2 aromatic carbocycles. The number of likely N-dealkylation sites (N-methyl/N-ethyl adjacent to an activating group) is 1. The Bertz CT molecular complexity index is 900. The third kappa shape index (κ3) is 6.04. The van der Waals surface area contributed by atoms with Gasteiger partial charge in [-0.25, -0.2) is 4.79 Å². The van der Waals surface area contributed by atoms with E-state index in [1.54, 1.807) is 55.5 Å². The van der Waals surface area contributed by atoms with Crippen molar-refractivity contribution >= 4 is 23.8 Å². The second-order valence-electron chi connectivity index (χ2n) is 6.66. The lowest BCUT2D eigenvalue weighted by molar-refractivity contribution is -0.126. The SMILES string of the molecule is CCCN(CC)C(=O)/C(C)=C/c1ccc(C(=O)Oc2ccc(C(=N)N)cc2)cc1. The first-order chi connectivity index (χ1) is 13.8. The van der Waals surface area contributed by atoms with Crippen LogP contribution in [0, 0.1) is 5.41 Å². The lowest BCUT2D eigenvalue weighted by Gasteiger charge is -2.20. The molecule has 29 heavy (non-hydrogen) atoms. The number of rotatable bonds is 8.